The average molecular weight is 258 g/mol. The van der Waals surface area contributed by atoms with Gasteiger partial charge >= 0.3 is 11.9 Å². The largest absolute Gasteiger partial charge is 0.469 e. The van der Waals surface area contributed by atoms with E-state index in [2.05, 4.69) is 4.74 Å². The third kappa shape index (κ3) is 7.30. The monoisotopic (exact) mass is 258 g/mol. The highest BCUT2D eigenvalue weighted by atomic mass is 16.5. The Labute approximate surface area is 110 Å². The summed E-state index contributed by atoms with van der Waals surface area (Å²) in [5, 5.41) is 0. The minimum atomic E-state index is -0.384. The van der Waals surface area contributed by atoms with E-state index in [1.165, 1.54) is 7.11 Å². The zero-order valence-electron chi connectivity index (χ0n) is 12.1. The van der Waals surface area contributed by atoms with Crippen molar-refractivity contribution < 1.29 is 19.1 Å². The smallest absolute Gasteiger partial charge is 0.311 e. The highest BCUT2D eigenvalue weighted by Crippen LogP contribution is 2.21. The maximum absolute atomic E-state index is 11.6. The Morgan fingerprint density at radius 3 is 2.22 bits per heavy atom. The number of methoxy groups -OCH3 is 1. The predicted molar refractivity (Wildman–Crippen MR) is 70.1 cm³/mol. The zero-order valence-corrected chi connectivity index (χ0v) is 12.1. The SMILES string of the molecule is CCC(C)(C)C(=O)OCCCCCCC(=O)OC. The molecule has 0 saturated heterocycles. The molecular weight excluding hydrogens is 232 g/mol. The number of ether oxygens (including phenoxy) is 2. The van der Waals surface area contributed by atoms with Crippen molar-refractivity contribution in [2.45, 2.75) is 59.3 Å². The number of esters is 2. The first kappa shape index (κ1) is 16.9. The van der Waals surface area contributed by atoms with E-state index < -0.39 is 0 Å². The summed E-state index contributed by atoms with van der Waals surface area (Å²) in [5.74, 6) is -0.286. The van der Waals surface area contributed by atoms with Gasteiger partial charge in [-0.25, -0.2) is 0 Å². The van der Waals surface area contributed by atoms with Crippen LogP contribution in [0.25, 0.3) is 0 Å². The van der Waals surface area contributed by atoms with Crippen molar-refractivity contribution in [2.24, 2.45) is 5.41 Å². The van der Waals surface area contributed by atoms with Crippen molar-refractivity contribution in [2.75, 3.05) is 13.7 Å². The van der Waals surface area contributed by atoms with Crippen LogP contribution in [0.15, 0.2) is 0 Å². The summed E-state index contributed by atoms with van der Waals surface area (Å²) in [4.78, 5) is 22.5. The van der Waals surface area contributed by atoms with Crippen LogP contribution in [0.2, 0.25) is 0 Å². The highest BCUT2D eigenvalue weighted by molar-refractivity contribution is 5.75. The highest BCUT2D eigenvalue weighted by Gasteiger charge is 2.26. The number of carbonyl (C=O) groups is 2. The van der Waals surface area contributed by atoms with Gasteiger partial charge in [0.2, 0.25) is 0 Å². The van der Waals surface area contributed by atoms with E-state index in [1.54, 1.807) is 0 Å². The first-order chi connectivity index (χ1) is 8.44. The van der Waals surface area contributed by atoms with Crippen LogP contribution in [0.4, 0.5) is 0 Å². The van der Waals surface area contributed by atoms with Crippen molar-refractivity contribution >= 4 is 11.9 Å². The van der Waals surface area contributed by atoms with E-state index in [0.29, 0.717) is 13.0 Å². The van der Waals surface area contributed by atoms with Crippen molar-refractivity contribution in [3.8, 4) is 0 Å². The molecule has 18 heavy (non-hydrogen) atoms. The molecular formula is C14H26O4. The zero-order chi connectivity index (χ0) is 14.0. The van der Waals surface area contributed by atoms with E-state index in [-0.39, 0.29) is 17.4 Å². The molecule has 0 rings (SSSR count). The number of carbonyl (C=O) groups excluding carboxylic acids is 2. The van der Waals surface area contributed by atoms with Crippen LogP contribution in [0.5, 0.6) is 0 Å². The Kier molecular flexibility index (Phi) is 8.42. The summed E-state index contributed by atoms with van der Waals surface area (Å²) in [6.07, 6.45) is 4.87. The van der Waals surface area contributed by atoms with Crippen LogP contribution in [0, 0.1) is 5.41 Å². The third-order valence-electron chi connectivity index (χ3n) is 3.17. The van der Waals surface area contributed by atoms with Gasteiger partial charge in [0, 0.05) is 6.42 Å². The molecule has 0 spiro atoms. The van der Waals surface area contributed by atoms with Crippen LogP contribution in [0.3, 0.4) is 0 Å². The second kappa shape index (κ2) is 8.95. The fraction of sp³-hybridized carbons (Fsp3) is 0.857. The number of rotatable bonds is 9. The molecule has 0 aliphatic carbocycles. The fourth-order valence-electron chi connectivity index (χ4n) is 1.33. The molecule has 0 unspecified atom stereocenters. The second-order valence-electron chi connectivity index (χ2n) is 5.11. The molecule has 0 aromatic heterocycles. The first-order valence-electron chi connectivity index (χ1n) is 6.68. The Morgan fingerprint density at radius 2 is 1.67 bits per heavy atom. The van der Waals surface area contributed by atoms with Gasteiger partial charge in [0.15, 0.2) is 0 Å². The van der Waals surface area contributed by atoms with Crippen LogP contribution in [0.1, 0.15) is 59.3 Å². The molecule has 0 radical (unpaired) electrons. The van der Waals surface area contributed by atoms with Gasteiger partial charge in [-0.15, -0.1) is 0 Å². The van der Waals surface area contributed by atoms with Crippen LogP contribution in [-0.4, -0.2) is 25.7 Å². The molecule has 0 aliphatic rings. The lowest BCUT2D eigenvalue weighted by atomic mass is 9.91. The number of unbranched alkanes of at least 4 members (excludes halogenated alkanes) is 3. The third-order valence-corrected chi connectivity index (χ3v) is 3.17. The lowest BCUT2D eigenvalue weighted by Crippen LogP contribution is -2.26. The van der Waals surface area contributed by atoms with Gasteiger partial charge in [-0.3, -0.25) is 9.59 Å². The van der Waals surface area contributed by atoms with Gasteiger partial charge in [0.25, 0.3) is 0 Å². The second-order valence-corrected chi connectivity index (χ2v) is 5.11. The van der Waals surface area contributed by atoms with Crippen LogP contribution < -0.4 is 0 Å². The average Bonchev–Trinajstić information content (AvgIpc) is 2.36. The molecule has 0 aromatic carbocycles. The lowest BCUT2D eigenvalue weighted by Gasteiger charge is -2.20. The van der Waals surface area contributed by atoms with E-state index in [9.17, 15) is 9.59 Å². The Balaban J connectivity index is 3.46. The molecule has 0 bridgehead atoms. The van der Waals surface area contributed by atoms with Crippen LogP contribution >= 0.6 is 0 Å². The minimum absolute atomic E-state index is 0.125. The molecule has 0 amide bonds. The lowest BCUT2D eigenvalue weighted by molar-refractivity contribution is -0.154. The predicted octanol–water partition coefficient (Wildman–Crippen LogP) is 3.09. The normalized spacial score (nSPS) is 11.1. The number of hydrogen-bond donors (Lipinski definition) is 0. The summed E-state index contributed by atoms with van der Waals surface area (Å²) in [6, 6.07) is 0. The van der Waals surface area contributed by atoms with Crippen molar-refractivity contribution in [3.05, 3.63) is 0 Å². The van der Waals surface area contributed by atoms with Crippen LogP contribution in [-0.2, 0) is 19.1 Å². The molecule has 4 heteroatoms. The van der Waals surface area contributed by atoms with Gasteiger partial charge in [0.1, 0.15) is 0 Å². The van der Waals surface area contributed by atoms with Gasteiger partial charge in [-0.2, -0.15) is 0 Å². The Morgan fingerprint density at radius 1 is 1.06 bits per heavy atom. The van der Waals surface area contributed by atoms with Crippen molar-refractivity contribution in [1.29, 1.82) is 0 Å². The van der Waals surface area contributed by atoms with Gasteiger partial charge in [-0.1, -0.05) is 19.8 Å². The molecule has 0 aromatic rings. The summed E-state index contributed by atoms with van der Waals surface area (Å²) in [5.41, 5.74) is -0.384. The molecule has 0 aliphatic heterocycles. The molecule has 4 nitrogen and oxygen atoms in total. The standard InChI is InChI=1S/C14H26O4/c1-5-14(2,3)13(16)18-11-9-7-6-8-10-12(15)17-4/h5-11H2,1-4H3. The molecule has 0 saturated carbocycles. The van der Waals surface area contributed by atoms with Crippen molar-refractivity contribution in [3.63, 3.8) is 0 Å². The molecule has 0 atom stereocenters. The first-order valence-corrected chi connectivity index (χ1v) is 6.68. The minimum Gasteiger partial charge on any atom is -0.469 e. The maximum Gasteiger partial charge on any atom is 0.311 e. The van der Waals surface area contributed by atoms with E-state index in [0.717, 1.165) is 32.1 Å². The Bertz CT molecular complexity index is 259. The summed E-state index contributed by atoms with van der Waals surface area (Å²) < 4.78 is 9.77. The molecule has 0 heterocycles. The van der Waals surface area contributed by atoms with E-state index in [1.807, 2.05) is 20.8 Å². The van der Waals surface area contributed by atoms with Gasteiger partial charge in [-0.05, 0) is 33.1 Å². The summed E-state index contributed by atoms with van der Waals surface area (Å²) >= 11 is 0. The van der Waals surface area contributed by atoms with E-state index in [4.69, 9.17) is 4.74 Å². The van der Waals surface area contributed by atoms with E-state index >= 15 is 0 Å². The maximum atomic E-state index is 11.6. The molecule has 106 valence electrons. The summed E-state index contributed by atoms with van der Waals surface area (Å²) in [7, 11) is 1.40. The van der Waals surface area contributed by atoms with Gasteiger partial charge < -0.3 is 9.47 Å². The quantitative estimate of drug-likeness (QED) is 0.471. The van der Waals surface area contributed by atoms with Gasteiger partial charge in [0.05, 0.1) is 19.1 Å². The summed E-state index contributed by atoms with van der Waals surface area (Å²) in [6.45, 7) is 6.24. The topological polar surface area (TPSA) is 52.6 Å². The Hall–Kier alpha value is -1.06. The molecule has 0 fully saturated rings. The molecule has 0 N–H and O–H groups in total. The van der Waals surface area contributed by atoms with Crippen molar-refractivity contribution in [1.82, 2.24) is 0 Å². The number of hydrogen-bond acceptors (Lipinski definition) is 4. The fourth-order valence-corrected chi connectivity index (χ4v) is 1.33.